The van der Waals surface area contributed by atoms with Crippen LogP contribution in [-0.4, -0.2) is 23.0 Å². The van der Waals surface area contributed by atoms with E-state index in [9.17, 15) is 10.1 Å². The molecule has 3 rings (SSSR count). The topological polar surface area (TPSA) is 94.3 Å². The Morgan fingerprint density at radius 3 is 2.72 bits per heavy atom. The first kappa shape index (κ1) is 16.2. The van der Waals surface area contributed by atoms with Crippen LogP contribution < -0.4 is 9.62 Å². The van der Waals surface area contributed by atoms with E-state index in [1.807, 2.05) is 6.07 Å². The monoisotopic (exact) mass is 335 g/mol. The van der Waals surface area contributed by atoms with Crippen LogP contribution in [0.3, 0.4) is 0 Å². The van der Waals surface area contributed by atoms with Crippen LogP contribution in [0.1, 0.15) is 12.6 Å². The van der Waals surface area contributed by atoms with Gasteiger partial charge in [0, 0.05) is 41.2 Å². The lowest BCUT2D eigenvalue weighted by Crippen LogP contribution is -2.06. The Hall–Kier alpha value is -3.66. The molecule has 0 atom stereocenters. The summed E-state index contributed by atoms with van der Waals surface area (Å²) in [7, 11) is 1.55. The highest BCUT2D eigenvalue weighted by molar-refractivity contribution is 6.01. The third-order valence-corrected chi connectivity index (χ3v) is 3.47. The van der Waals surface area contributed by atoms with Crippen LogP contribution in [0.25, 0.3) is 21.9 Å². The first-order chi connectivity index (χ1) is 12.1. The Balaban J connectivity index is 2.32. The third kappa shape index (κ3) is 3.19. The minimum atomic E-state index is -0.627. The van der Waals surface area contributed by atoms with Crippen LogP contribution in [0.15, 0.2) is 42.7 Å². The van der Waals surface area contributed by atoms with Crippen molar-refractivity contribution in [1.29, 1.82) is 5.26 Å². The highest BCUT2D eigenvalue weighted by Crippen LogP contribution is 2.37. The minimum Gasteiger partial charge on any atom is -0.497 e. The quantitative estimate of drug-likeness (QED) is 0.534. The fourth-order valence-corrected chi connectivity index (χ4v) is 2.43. The van der Waals surface area contributed by atoms with Crippen molar-refractivity contribution in [3.8, 4) is 28.8 Å². The molecule has 0 fully saturated rings. The second-order valence-corrected chi connectivity index (χ2v) is 5.06. The molecular formula is C18H13N3O4. The molecule has 0 amide bonds. The van der Waals surface area contributed by atoms with Crippen LogP contribution in [0.5, 0.6) is 11.6 Å². The van der Waals surface area contributed by atoms with Gasteiger partial charge in [0.05, 0.1) is 7.11 Å². The average Bonchev–Trinajstić information content (AvgIpc) is 2.65. The van der Waals surface area contributed by atoms with Crippen molar-refractivity contribution in [2.24, 2.45) is 0 Å². The fraction of sp³-hybridized carbons (Fsp3) is 0.111. The molecule has 0 radical (unpaired) electrons. The van der Waals surface area contributed by atoms with Gasteiger partial charge in [-0.2, -0.15) is 10.2 Å². The second-order valence-electron chi connectivity index (χ2n) is 5.06. The normalized spacial score (nSPS) is 10.1. The maximum absolute atomic E-state index is 11.0. The summed E-state index contributed by atoms with van der Waals surface area (Å²) in [6, 6.07) is 10.9. The highest BCUT2D eigenvalue weighted by Gasteiger charge is 2.18. The van der Waals surface area contributed by atoms with Gasteiger partial charge in [-0.3, -0.25) is 9.87 Å². The van der Waals surface area contributed by atoms with E-state index >= 15 is 0 Å². The molecule has 0 spiro atoms. The maximum Gasteiger partial charge on any atom is 0.352 e. The third-order valence-electron chi connectivity index (χ3n) is 3.47. The van der Waals surface area contributed by atoms with E-state index in [0.29, 0.717) is 22.1 Å². The molecule has 7 nitrogen and oxygen atoms in total. The van der Waals surface area contributed by atoms with Gasteiger partial charge in [0.1, 0.15) is 11.8 Å². The van der Waals surface area contributed by atoms with E-state index < -0.39 is 5.97 Å². The summed E-state index contributed by atoms with van der Waals surface area (Å²) in [6.45, 7) is 1.21. The van der Waals surface area contributed by atoms with Gasteiger partial charge in [0.25, 0.3) is 5.88 Å². The Morgan fingerprint density at radius 1 is 1.24 bits per heavy atom. The molecular weight excluding hydrogens is 322 g/mol. The zero-order valence-electron chi connectivity index (χ0n) is 13.5. The molecule has 0 unspecified atom stereocenters. The van der Waals surface area contributed by atoms with E-state index in [1.54, 1.807) is 43.8 Å². The molecule has 1 aromatic carbocycles. The van der Waals surface area contributed by atoms with Crippen LogP contribution in [0, 0.1) is 11.3 Å². The minimum absolute atomic E-state index is 0.0250. The molecule has 0 saturated heterocycles. The van der Waals surface area contributed by atoms with Crippen LogP contribution in [-0.2, 0) is 9.68 Å². The van der Waals surface area contributed by atoms with E-state index in [-0.39, 0.29) is 11.6 Å². The van der Waals surface area contributed by atoms with Gasteiger partial charge >= 0.3 is 5.97 Å². The van der Waals surface area contributed by atoms with Gasteiger partial charge in [-0.25, -0.2) is 9.68 Å². The predicted octanol–water partition coefficient (Wildman–Crippen LogP) is 3.03. The number of carbonyl (C=O) groups is 1. The fourth-order valence-electron chi connectivity index (χ4n) is 2.43. The molecule has 0 aliphatic carbocycles. The molecule has 7 heteroatoms. The lowest BCUT2D eigenvalue weighted by molar-refractivity contribution is -0.211. The van der Waals surface area contributed by atoms with Crippen molar-refractivity contribution in [3.05, 3.63) is 48.4 Å². The number of rotatable bonds is 4. The van der Waals surface area contributed by atoms with Crippen molar-refractivity contribution >= 4 is 16.7 Å². The summed E-state index contributed by atoms with van der Waals surface area (Å²) in [5, 5.41) is 10.8. The van der Waals surface area contributed by atoms with E-state index in [0.717, 1.165) is 5.56 Å². The molecule has 25 heavy (non-hydrogen) atoms. The average molecular weight is 335 g/mol. The summed E-state index contributed by atoms with van der Waals surface area (Å²) in [5.41, 5.74) is 1.44. The van der Waals surface area contributed by atoms with Crippen molar-refractivity contribution < 1.29 is 19.3 Å². The number of pyridine rings is 2. The van der Waals surface area contributed by atoms with Gasteiger partial charge in [-0.05, 0) is 24.3 Å². The number of hydrogen-bond acceptors (Lipinski definition) is 7. The lowest BCUT2D eigenvalue weighted by Gasteiger charge is -2.12. The van der Waals surface area contributed by atoms with E-state index in [4.69, 9.17) is 9.62 Å². The summed E-state index contributed by atoms with van der Waals surface area (Å²) < 4.78 is 5.28. The van der Waals surface area contributed by atoms with Crippen LogP contribution in [0.4, 0.5) is 0 Å². The molecule has 3 aromatic rings. The Morgan fingerprint density at radius 2 is 2.08 bits per heavy atom. The van der Waals surface area contributed by atoms with Gasteiger partial charge in [-0.1, -0.05) is 6.07 Å². The van der Waals surface area contributed by atoms with Crippen molar-refractivity contribution in [2.75, 3.05) is 7.11 Å². The largest absolute Gasteiger partial charge is 0.497 e. The number of carbonyl (C=O) groups excluding carboxylic acids is 1. The standard InChI is InChI=1S/C18H13N3O4/c1-11(22)24-25-18-14-6-5-13(23-2)8-15(14)17(16(9-19)21-18)12-4-3-7-20-10-12/h3-8,10H,1-2H3. The molecule has 0 N–H and O–H groups in total. The summed E-state index contributed by atoms with van der Waals surface area (Å²) in [4.78, 5) is 28.9. The molecule has 0 aliphatic heterocycles. The number of methoxy groups -OCH3 is 1. The number of benzene rings is 1. The summed E-state index contributed by atoms with van der Waals surface area (Å²) in [5.74, 6) is 0.00140. The number of nitrogens with zero attached hydrogens (tertiary/aromatic N) is 3. The van der Waals surface area contributed by atoms with Crippen LogP contribution >= 0.6 is 0 Å². The van der Waals surface area contributed by atoms with E-state index in [2.05, 4.69) is 20.9 Å². The van der Waals surface area contributed by atoms with Gasteiger partial charge in [-0.15, -0.1) is 0 Å². The van der Waals surface area contributed by atoms with E-state index in [1.165, 1.54) is 6.92 Å². The zero-order valence-corrected chi connectivity index (χ0v) is 13.5. The number of nitriles is 1. The molecule has 0 bridgehead atoms. The smallest absolute Gasteiger partial charge is 0.352 e. The predicted molar refractivity (Wildman–Crippen MR) is 88.6 cm³/mol. The lowest BCUT2D eigenvalue weighted by atomic mass is 9.98. The van der Waals surface area contributed by atoms with Crippen molar-refractivity contribution in [3.63, 3.8) is 0 Å². The summed E-state index contributed by atoms with van der Waals surface area (Å²) in [6.07, 6.45) is 3.29. The number of hydrogen-bond donors (Lipinski definition) is 0. The Kier molecular flexibility index (Phi) is 4.44. The Labute approximate surface area is 143 Å². The SMILES string of the molecule is COc1ccc2c(OOC(C)=O)nc(C#N)c(-c3cccnc3)c2c1. The highest BCUT2D eigenvalue weighted by atomic mass is 17.2. The van der Waals surface area contributed by atoms with Gasteiger partial charge < -0.3 is 4.74 Å². The second kappa shape index (κ2) is 6.84. The molecule has 0 saturated carbocycles. The maximum atomic E-state index is 11.0. The molecule has 124 valence electrons. The Bertz CT molecular complexity index is 981. The van der Waals surface area contributed by atoms with Gasteiger partial charge in [0.15, 0.2) is 5.69 Å². The number of fused-ring (bicyclic) bond motifs is 1. The first-order valence-electron chi connectivity index (χ1n) is 7.31. The van der Waals surface area contributed by atoms with Crippen molar-refractivity contribution in [1.82, 2.24) is 9.97 Å². The number of ether oxygens (including phenoxy) is 1. The number of aromatic nitrogens is 2. The van der Waals surface area contributed by atoms with Crippen LogP contribution in [0.2, 0.25) is 0 Å². The van der Waals surface area contributed by atoms with Gasteiger partial charge in [0.2, 0.25) is 0 Å². The molecule has 0 aliphatic rings. The first-order valence-corrected chi connectivity index (χ1v) is 7.31. The summed E-state index contributed by atoms with van der Waals surface area (Å²) >= 11 is 0. The van der Waals surface area contributed by atoms with Crippen molar-refractivity contribution in [2.45, 2.75) is 6.92 Å². The molecule has 2 aromatic heterocycles. The molecule has 2 heterocycles. The zero-order chi connectivity index (χ0) is 17.8.